The van der Waals surface area contributed by atoms with Crippen LogP contribution in [0, 0.1) is 0 Å². The first-order valence-corrected chi connectivity index (χ1v) is 11.8. The minimum Gasteiger partial charge on any atom is -0.482 e. The number of carbonyl (C=O) groups is 2. The minimum absolute atomic E-state index is 0.0169. The van der Waals surface area contributed by atoms with Crippen molar-refractivity contribution in [2.24, 2.45) is 0 Å². The topological polar surface area (TPSA) is 58.6 Å². The fourth-order valence-corrected chi connectivity index (χ4v) is 3.94. The molecule has 9 heteroatoms. The molecular weight excluding hydrogens is 494 g/mol. The van der Waals surface area contributed by atoms with Crippen LogP contribution in [0.5, 0.6) is 5.75 Å². The molecule has 0 heterocycles. The summed E-state index contributed by atoms with van der Waals surface area (Å²) in [5.41, 5.74) is 0.670. The Hall–Kier alpha value is -1.66. The van der Waals surface area contributed by atoms with Crippen LogP contribution in [-0.4, -0.2) is 35.4 Å². The third-order valence-corrected chi connectivity index (χ3v) is 6.11. The van der Waals surface area contributed by atoms with Crippen molar-refractivity contribution in [2.75, 3.05) is 6.61 Å². The van der Waals surface area contributed by atoms with E-state index in [4.69, 9.17) is 51.1 Å². The summed E-state index contributed by atoms with van der Waals surface area (Å²) in [6.07, 6.45) is 1.19. The van der Waals surface area contributed by atoms with E-state index >= 15 is 0 Å². The van der Waals surface area contributed by atoms with Crippen LogP contribution in [0.3, 0.4) is 0 Å². The lowest BCUT2D eigenvalue weighted by Crippen LogP contribution is -2.51. The number of ether oxygens (including phenoxy) is 1. The molecule has 32 heavy (non-hydrogen) atoms. The van der Waals surface area contributed by atoms with Gasteiger partial charge in [-0.1, -0.05) is 66.3 Å². The highest BCUT2D eigenvalue weighted by Gasteiger charge is 2.30. The third kappa shape index (κ3) is 7.45. The second kappa shape index (κ2) is 12.5. The highest BCUT2D eigenvalue weighted by Crippen LogP contribution is 2.28. The van der Waals surface area contributed by atoms with E-state index in [-0.39, 0.29) is 31.0 Å². The van der Waals surface area contributed by atoms with Crippen molar-refractivity contribution in [3.63, 3.8) is 0 Å². The zero-order valence-corrected chi connectivity index (χ0v) is 21.2. The smallest absolute Gasteiger partial charge is 0.261 e. The minimum atomic E-state index is -0.701. The van der Waals surface area contributed by atoms with Crippen LogP contribution in [0.4, 0.5) is 0 Å². The molecule has 2 atom stereocenters. The van der Waals surface area contributed by atoms with E-state index in [1.807, 2.05) is 20.8 Å². The van der Waals surface area contributed by atoms with Gasteiger partial charge in [-0.05, 0) is 55.7 Å². The molecule has 174 valence electrons. The summed E-state index contributed by atoms with van der Waals surface area (Å²) in [5, 5.41) is 4.60. The van der Waals surface area contributed by atoms with Crippen LogP contribution in [0.1, 0.15) is 39.2 Å². The lowest BCUT2D eigenvalue weighted by Gasteiger charge is -2.31. The molecule has 2 aromatic rings. The Morgan fingerprint density at radius 3 is 2.16 bits per heavy atom. The Balaban J connectivity index is 2.28. The van der Waals surface area contributed by atoms with Gasteiger partial charge in [-0.15, -0.1) is 0 Å². The molecular formula is C23H26Cl4N2O3. The van der Waals surface area contributed by atoms with Crippen LogP contribution in [0.15, 0.2) is 36.4 Å². The molecule has 2 rings (SSSR count). The number of benzene rings is 2. The third-order valence-electron chi connectivity index (χ3n) is 4.99. The Bertz CT molecular complexity index is 955. The summed E-state index contributed by atoms with van der Waals surface area (Å²) in [4.78, 5) is 27.6. The molecule has 0 saturated carbocycles. The Morgan fingerprint density at radius 1 is 0.969 bits per heavy atom. The van der Waals surface area contributed by atoms with Gasteiger partial charge in [0.1, 0.15) is 11.8 Å². The average molecular weight is 520 g/mol. The molecule has 1 N–H and O–H groups in total. The zero-order valence-electron chi connectivity index (χ0n) is 18.1. The van der Waals surface area contributed by atoms with E-state index in [1.54, 1.807) is 30.3 Å². The molecule has 2 aromatic carbocycles. The number of rotatable bonds is 10. The van der Waals surface area contributed by atoms with E-state index in [2.05, 4.69) is 5.32 Å². The summed E-state index contributed by atoms with van der Waals surface area (Å²) in [7, 11) is 0. The molecule has 0 aromatic heterocycles. The molecule has 0 spiro atoms. The molecule has 0 radical (unpaired) electrons. The summed E-state index contributed by atoms with van der Waals surface area (Å²) in [5.74, 6) is -0.288. The van der Waals surface area contributed by atoms with Crippen LogP contribution >= 0.6 is 46.4 Å². The second-order valence-electron chi connectivity index (χ2n) is 7.36. The Morgan fingerprint density at radius 2 is 1.59 bits per heavy atom. The molecule has 0 aliphatic carbocycles. The van der Waals surface area contributed by atoms with E-state index in [1.165, 1.54) is 11.0 Å². The van der Waals surface area contributed by atoms with Crippen molar-refractivity contribution in [1.82, 2.24) is 10.2 Å². The van der Waals surface area contributed by atoms with Crippen LogP contribution in [0.2, 0.25) is 20.1 Å². The maximum atomic E-state index is 13.2. The van der Waals surface area contributed by atoms with Crippen molar-refractivity contribution in [2.45, 2.75) is 52.2 Å². The maximum absolute atomic E-state index is 13.2. The molecule has 0 bridgehead atoms. The lowest BCUT2D eigenvalue weighted by atomic mass is 10.1. The summed E-state index contributed by atoms with van der Waals surface area (Å²) in [6.45, 7) is 5.56. The number of halogens is 4. The fourth-order valence-electron chi connectivity index (χ4n) is 3.01. The maximum Gasteiger partial charge on any atom is 0.261 e. The molecule has 0 fully saturated rings. The van der Waals surface area contributed by atoms with Crippen molar-refractivity contribution in [1.29, 1.82) is 0 Å². The second-order valence-corrected chi connectivity index (χ2v) is 9.05. The van der Waals surface area contributed by atoms with Crippen molar-refractivity contribution in [3.8, 4) is 5.75 Å². The molecule has 2 amide bonds. The number of hydrogen-bond acceptors (Lipinski definition) is 3. The standard InChI is InChI=1S/C23H26Cl4N2O3/c1-4-14(3)28-23(31)20(5-2)29(12-15-6-7-16(24)10-18(15)26)22(30)13-32-21-9-8-17(25)11-19(21)27/h6-11,14,20H,4-5,12-13H2,1-3H3,(H,28,31)/t14-,20-/m0/s1. The zero-order chi connectivity index (χ0) is 23.8. The van der Waals surface area contributed by atoms with Crippen LogP contribution < -0.4 is 10.1 Å². The summed E-state index contributed by atoms with van der Waals surface area (Å²) >= 11 is 24.4. The van der Waals surface area contributed by atoms with Gasteiger partial charge in [0, 0.05) is 27.7 Å². The van der Waals surface area contributed by atoms with Crippen molar-refractivity contribution < 1.29 is 14.3 Å². The molecule has 5 nitrogen and oxygen atoms in total. The van der Waals surface area contributed by atoms with E-state index in [0.717, 1.165) is 6.42 Å². The van der Waals surface area contributed by atoms with Gasteiger partial charge < -0.3 is 15.0 Å². The lowest BCUT2D eigenvalue weighted by molar-refractivity contribution is -0.143. The number of carbonyl (C=O) groups excluding carboxylic acids is 2. The van der Waals surface area contributed by atoms with Gasteiger partial charge in [-0.25, -0.2) is 0 Å². The number of nitrogens with one attached hydrogen (secondary N) is 1. The first-order chi connectivity index (χ1) is 15.2. The van der Waals surface area contributed by atoms with Gasteiger partial charge in [-0.2, -0.15) is 0 Å². The first-order valence-electron chi connectivity index (χ1n) is 10.3. The van der Waals surface area contributed by atoms with Crippen molar-refractivity contribution >= 4 is 58.2 Å². The average Bonchev–Trinajstić information content (AvgIpc) is 2.74. The highest BCUT2D eigenvalue weighted by molar-refractivity contribution is 6.35. The van der Waals surface area contributed by atoms with E-state index in [0.29, 0.717) is 37.8 Å². The highest BCUT2D eigenvalue weighted by atomic mass is 35.5. The van der Waals surface area contributed by atoms with Gasteiger partial charge in [-0.3, -0.25) is 9.59 Å². The molecule has 0 aliphatic rings. The van der Waals surface area contributed by atoms with Crippen molar-refractivity contribution in [3.05, 3.63) is 62.1 Å². The van der Waals surface area contributed by atoms with E-state index < -0.39 is 6.04 Å². The Kier molecular flexibility index (Phi) is 10.4. The predicted molar refractivity (Wildman–Crippen MR) is 131 cm³/mol. The normalized spacial score (nSPS) is 12.7. The molecule has 0 saturated heterocycles. The quantitative estimate of drug-likeness (QED) is 0.395. The van der Waals surface area contributed by atoms with Gasteiger partial charge in [0.05, 0.1) is 5.02 Å². The van der Waals surface area contributed by atoms with Crippen LogP contribution in [0.25, 0.3) is 0 Å². The first kappa shape index (κ1) is 26.6. The van der Waals surface area contributed by atoms with Crippen LogP contribution in [-0.2, 0) is 16.1 Å². The SMILES string of the molecule is CC[C@H](C)NC(=O)[C@H](CC)N(Cc1ccc(Cl)cc1Cl)C(=O)COc1ccc(Cl)cc1Cl. The van der Waals surface area contributed by atoms with Gasteiger partial charge in [0.2, 0.25) is 5.91 Å². The number of nitrogens with zero attached hydrogens (tertiary/aromatic N) is 1. The van der Waals surface area contributed by atoms with Gasteiger partial charge in [0.25, 0.3) is 5.91 Å². The number of amides is 2. The fraction of sp³-hybridized carbons (Fsp3) is 0.391. The molecule has 0 aliphatic heterocycles. The van der Waals surface area contributed by atoms with Gasteiger partial charge in [0.15, 0.2) is 6.61 Å². The summed E-state index contributed by atoms with van der Waals surface area (Å²) < 4.78 is 5.63. The summed E-state index contributed by atoms with van der Waals surface area (Å²) in [6, 6.07) is 9.05. The number of hydrogen-bond donors (Lipinski definition) is 1. The predicted octanol–water partition coefficient (Wildman–Crippen LogP) is 6.40. The van der Waals surface area contributed by atoms with Gasteiger partial charge >= 0.3 is 0 Å². The monoisotopic (exact) mass is 518 g/mol. The Labute approximate surface area is 208 Å². The molecule has 0 unspecified atom stereocenters. The van der Waals surface area contributed by atoms with E-state index in [9.17, 15) is 9.59 Å². The largest absolute Gasteiger partial charge is 0.482 e.